The van der Waals surface area contributed by atoms with Crippen molar-refractivity contribution in [1.29, 1.82) is 0 Å². The molecule has 0 saturated heterocycles. The summed E-state index contributed by atoms with van der Waals surface area (Å²) in [5, 5.41) is 1.14. The molecule has 3 rings (SSSR count). The summed E-state index contributed by atoms with van der Waals surface area (Å²) in [6, 6.07) is 2.08. The molecule has 1 N–H and O–H groups in total. The SMILES string of the molecule is CCN(CC1CCC(C)CC1)c1ncnc2[nH]ccc12. The van der Waals surface area contributed by atoms with E-state index in [2.05, 4.69) is 39.8 Å². The van der Waals surface area contributed by atoms with Gasteiger partial charge in [-0.15, -0.1) is 0 Å². The molecular formula is C16H24N4. The first-order valence-corrected chi connectivity index (χ1v) is 7.81. The Balaban J connectivity index is 1.77. The Morgan fingerprint density at radius 2 is 2.05 bits per heavy atom. The molecule has 2 aromatic heterocycles. The standard InChI is InChI=1S/C16H24N4/c1-3-20(10-13-6-4-12(2)5-7-13)16-14-8-9-17-15(14)18-11-19-16/h8-9,11-13H,3-7,10H2,1-2H3,(H,17,18,19). The first kappa shape index (κ1) is 13.4. The molecular weight excluding hydrogens is 248 g/mol. The number of H-pyrrole nitrogens is 1. The van der Waals surface area contributed by atoms with E-state index < -0.39 is 0 Å². The van der Waals surface area contributed by atoms with Crippen LogP contribution in [0.2, 0.25) is 0 Å². The molecule has 1 aliphatic carbocycles. The van der Waals surface area contributed by atoms with Crippen molar-refractivity contribution in [3.05, 3.63) is 18.6 Å². The van der Waals surface area contributed by atoms with E-state index in [1.54, 1.807) is 6.33 Å². The molecule has 0 unspecified atom stereocenters. The lowest BCUT2D eigenvalue weighted by Crippen LogP contribution is -2.32. The van der Waals surface area contributed by atoms with Gasteiger partial charge in [0.2, 0.25) is 0 Å². The molecule has 4 heteroatoms. The van der Waals surface area contributed by atoms with Crippen molar-refractivity contribution < 1.29 is 0 Å². The minimum Gasteiger partial charge on any atom is -0.356 e. The summed E-state index contributed by atoms with van der Waals surface area (Å²) in [6.45, 7) is 6.72. The Kier molecular flexibility index (Phi) is 3.90. The van der Waals surface area contributed by atoms with Crippen molar-refractivity contribution in [1.82, 2.24) is 15.0 Å². The van der Waals surface area contributed by atoms with E-state index >= 15 is 0 Å². The number of aromatic nitrogens is 3. The summed E-state index contributed by atoms with van der Waals surface area (Å²) < 4.78 is 0. The third-order valence-corrected chi connectivity index (χ3v) is 4.63. The number of rotatable bonds is 4. The largest absolute Gasteiger partial charge is 0.356 e. The molecule has 1 fully saturated rings. The highest BCUT2D eigenvalue weighted by Crippen LogP contribution is 2.30. The fraction of sp³-hybridized carbons (Fsp3) is 0.625. The molecule has 2 heterocycles. The zero-order chi connectivity index (χ0) is 13.9. The number of nitrogens with zero attached hydrogens (tertiary/aromatic N) is 3. The van der Waals surface area contributed by atoms with Gasteiger partial charge in [0, 0.05) is 19.3 Å². The minimum atomic E-state index is 0.815. The lowest BCUT2D eigenvalue weighted by molar-refractivity contribution is 0.292. The molecule has 108 valence electrons. The van der Waals surface area contributed by atoms with Gasteiger partial charge in [-0.2, -0.15) is 0 Å². The predicted molar refractivity (Wildman–Crippen MR) is 82.9 cm³/mol. The Morgan fingerprint density at radius 1 is 1.25 bits per heavy atom. The number of nitrogens with one attached hydrogen (secondary N) is 1. The highest BCUT2D eigenvalue weighted by Gasteiger charge is 2.21. The lowest BCUT2D eigenvalue weighted by atomic mass is 9.83. The number of aromatic amines is 1. The van der Waals surface area contributed by atoms with Crippen LogP contribution in [-0.4, -0.2) is 28.0 Å². The smallest absolute Gasteiger partial charge is 0.142 e. The topological polar surface area (TPSA) is 44.8 Å². The number of hydrogen-bond acceptors (Lipinski definition) is 3. The van der Waals surface area contributed by atoms with Crippen molar-refractivity contribution in [2.24, 2.45) is 11.8 Å². The zero-order valence-corrected chi connectivity index (χ0v) is 12.5. The monoisotopic (exact) mass is 272 g/mol. The van der Waals surface area contributed by atoms with Gasteiger partial charge in [0.15, 0.2) is 0 Å². The second-order valence-electron chi connectivity index (χ2n) is 6.10. The van der Waals surface area contributed by atoms with Gasteiger partial charge in [-0.3, -0.25) is 0 Å². The average Bonchev–Trinajstić information content (AvgIpc) is 2.95. The Morgan fingerprint density at radius 3 is 2.80 bits per heavy atom. The van der Waals surface area contributed by atoms with Gasteiger partial charge in [0.1, 0.15) is 17.8 Å². The summed E-state index contributed by atoms with van der Waals surface area (Å²) in [4.78, 5) is 14.4. The van der Waals surface area contributed by atoms with Crippen LogP contribution in [0, 0.1) is 11.8 Å². The highest BCUT2D eigenvalue weighted by molar-refractivity contribution is 5.87. The van der Waals surface area contributed by atoms with Crippen LogP contribution >= 0.6 is 0 Å². The first-order valence-electron chi connectivity index (χ1n) is 7.81. The van der Waals surface area contributed by atoms with E-state index in [-0.39, 0.29) is 0 Å². The summed E-state index contributed by atoms with van der Waals surface area (Å²) in [6.07, 6.45) is 9.09. The fourth-order valence-corrected chi connectivity index (χ4v) is 3.30. The molecule has 0 spiro atoms. The Hall–Kier alpha value is -1.58. The van der Waals surface area contributed by atoms with Crippen LogP contribution in [0.15, 0.2) is 18.6 Å². The molecule has 0 aliphatic heterocycles. The Labute approximate surface area is 120 Å². The molecule has 0 atom stereocenters. The number of hydrogen-bond donors (Lipinski definition) is 1. The third-order valence-electron chi connectivity index (χ3n) is 4.63. The Bertz CT molecular complexity index is 554. The summed E-state index contributed by atoms with van der Waals surface area (Å²) in [5.74, 6) is 2.81. The second kappa shape index (κ2) is 5.81. The van der Waals surface area contributed by atoms with Crippen LogP contribution in [0.1, 0.15) is 39.5 Å². The van der Waals surface area contributed by atoms with Crippen molar-refractivity contribution in [2.45, 2.75) is 39.5 Å². The van der Waals surface area contributed by atoms with E-state index in [4.69, 9.17) is 0 Å². The van der Waals surface area contributed by atoms with Gasteiger partial charge in [0.05, 0.1) is 5.39 Å². The van der Waals surface area contributed by atoms with Crippen LogP contribution in [0.3, 0.4) is 0 Å². The molecule has 0 bridgehead atoms. The molecule has 0 amide bonds. The third kappa shape index (κ3) is 2.65. The van der Waals surface area contributed by atoms with E-state index in [1.165, 1.54) is 25.7 Å². The van der Waals surface area contributed by atoms with Gasteiger partial charge in [-0.25, -0.2) is 9.97 Å². The molecule has 20 heavy (non-hydrogen) atoms. The van der Waals surface area contributed by atoms with Crippen LogP contribution in [0.4, 0.5) is 5.82 Å². The maximum Gasteiger partial charge on any atom is 0.142 e. The van der Waals surface area contributed by atoms with E-state index in [0.29, 0.717) is 0 Å². The van der Waals surface area contributed by atoms with E-state index in [9.17, 15) is 0 Å². The van der Waals surface area contributed by atoms with Crippen molar-refractivity contribution in [2.75, 3.05) is 18.0 Å². The fourth-order valence-electron chi connectivity index (χ4n) is 3.30. The highest BCUT2D eigenvalue weighted by atomic mass is 15.2. The predicted octanol–water partition coefficient (Wildman–Crippen LogP) is 3.61. The normalized spacial score (nSPS) is 23.1. The average molecular weight is 272 g/mol. The maximum atomic E-state index is 4.53. The van der Waals surface area contributed by atoms with Crippen LogP contribution in [0.25, 0.3) is 11.0 Å². The van der Waals surface area contributed by atoms with Crippen molar-refractivity contribution in [3.63, 3.8) is 0 Å². The van der Waals surface area contributed by atoms with E-state index in [1.807, 2.05) is 6.20 Å². The van der Waals surface area contributed by atoms with Gasteiger partial charge in [-0.05, 0) is 37.7 Å². The van der Waals surface area contributed by atoms with Crippen molar-refractivity contribution >= 4 is 16.9 Å². The van der Waals surface area contributed by atoms with Crippen LogP contribution in [0.5, 0.6) is 0 Å². The number of fused-ring (bicyclic) bond motifs is 1. The summed E-state index contributed by atoms with van der Waals surface area (Å²) in [7, 11) is 0. The van der Waals surface area contributed by atoms with Gasteiger partial charge >= 0.3 is 0 Å². The number of anilines is 1. The minimum absolute atomic E-state index is 0.815. The molecule has 0 aromatic carbocycles. The van der Waals surface area contributed by atoms with Crippen LogP contribution in [-0.2, 0) is 0 Å². The second-order valence-corrected chi connectivity index (χ2v) is 6.10. The summed E-state index contributed by atoms with van der Waals surface area (Å²) in [5.41, 5.74) is 0.936. The molecule has 0 radical (unpaired) electrons. The molecule has 1 aliphatic rings. The quantitative estimate of drug-likeness (QED) is 0.924. The van der Waals surface area contributed by atoms with Gasteiger partial charge < -0.3 is 9.88 Å². The van der Waals surface area contributed by atoms with E-state index in [0.717, 1.165) is 41.8 Å². The first-order chi connectivity index (χ1) is 9.78. The van der Waals surface area contributed by atoms with Crippen LogP contribution < -0.4 is 4.90 Å². The molecule has 1 saturated carbocycles. The van der Waals surface area contributed by atoms with Crippen molar-refractivity contribution in [3.8, 4) is 0 Å². The molecule has 4 nitrogen and oxygen atoms in total. The molecule has 2 aromatic rings. The zero-order valence-electron chi connectivity index (χ0n) is 12.5. The summed E-state index contributed by atoms with van der Waals surface area (Å²) >= 11 is 0. The van der Waals surface area contributed by atoms with Gasteiger partial charge in [-0.1, -0.05) is 19.8 Å². The maximum absolute atomic E-state index is 4.53. The lowest BCUT2D eigenvalue weighted by Gasteiger charge is -2.32. The van der Waals surface area contributed by atoms with Gasteiger partial charge in [0.25, 0.3) is 0 Å².